The smallest absolute Gasteiger partial charge is 0.243 e. The summed E-state index contributed by atoms with van der Waals surface area (Å²) in [5.41, 5.74) is -0.189. The third-order valence-corrected chi connectivity index (χ3v) is 2.75. The topological polar surface area (TPSA) is 73.1 Å². The Kier molecular flexibility index (Phi) is 1.93. The quantitative estimate of drug-likeness (QED) is 0.702. The molecule has 0 saturated heterocycles. The Morgan fingerprint density at radius 2 is 1.93 bits per heavy atom. The maximum Gasteiger partial charge on any atom is 0.334 e. The molecule has 0 spiro atoms. The zero-order valence-corrected chi connectivity index (χ0v) is 8.01. The number of fused-ring (bicyclic) bond motifs is 1. The minimum atomic E-state index is -4.84. The van der Waals surface area contributed by atoms with Gasteiger partial charge in [-0.05, 0) is 22.4 Å². The number of benzene rings is 1. The van der Waals surface area contributed by atoms with Gasteiger partial charge in [0.1, 0.15) is 4.90 Å². The van der Waals surface area contributed by atoms with Gasteiger partial charge in [0.25, 0.3) is 0 Å². The van der Waals surface area contributed by atoms with Crippen molar-refractivity contribution in [1.82, 2.24) is 10.3 Å². The van der Waals surface area contributed by atoms with E-state index in [1.807, 2.05) is 0 Å². The SMILES string of the molecule is O=S(=O)(F)c1ccc(Cl)c2nonc12. The van der Waals surface area contributed by atoms with E-state index in [9.17, 15) is 12.3 Å². The van der Waals surface area contributed by atoms with Crippen LogP contribution in [-0.2, 0) is 10.2 Å². The summed E-state index contributed by atoms with van der Waals surface area (Å²) < 4.78 is 38.2. The van der Waals surface area contributed by atoms with Crippen molar-refractivity contribution < 1.29 is 16.9 Å². The second-order valence-corrected chi connectivity index (χ2v) is 4.17. The fourth-order valence-electron chi connectivity index (χ4n) is 1.01. The van der Waals surface area contributed by atoms with Gasteiger partial charge in [0.05, 0.1) is 5.02 Å². The van der Waals surface area contributed by atoms with Crippen LogP contribution < -0.4 is 0 Å². The van der Waals surface area contributed by atoms with Gasteiger partial charge in [0.2, 0.25) is 0 Å². The van der Waals surface area contributed by atoms with Crippen LogP contribution in [-0.4, -0.2) is 18.7 Å². The van der Waals surface area contributed by atoms with Gasteiger partial charge < -0.3 is 0 Å². The average molecular weight is 237 g/mol. The van der Waals surface area contributed by atoms with Gasteiger partial charge in [-0.2, -0.15) is 8.42 Å². The molecule has 8 heteroatoms. The second-order valence-electron chi connectivity index (χ2n) is 2.44. The second kappa shape index (κ2) is 2.89. The number of rotatable bonds is 1. The zero-order chi connectivity index (χ0) is 10.3. The van der Waals surface area contributed by atoms with Crippen LogP contribution in [0.25, 0.3) is 11.0 Å². The molecule has 2 rings (SSSR count). The highest BCUT2D eigenvalue weighted by Gasteiger charge is 2.20. The zero-order valence-electron chi connectivity index (χ0n) is 6.44. The van der Waals surface area contributed by atoms with E-state index in [2.05, 4.69) is 14.9 Å². The van der Waals surface area contributed by atoms with Gasteiger partial charge in [-0.15, -0.1) is 3.89 Å². The minimum absolute atomic E-state index is 0.0189. The van der Waals surface area contributed by atoms with E-state index in [4.69, 9.17) is 11.6 Å². The molecule has 0 aliphatic heterocycles. The third-order valence-electron chi connectivity index (χ3n) is 1.59. The fraction of sp³-hybridized carbons (Fsp3) is 0. The lowest BCUT2D eigenvalue weighted by atomic mass is 10.3. The molecule has 0 N–H and O–H groups in total. The number of hydrogen-bond donors (Lipinski definition) is 0. The van der Waals surface area contributed by atoms with Crippen molar-refractivity contribution in [1.29, 1.82) is 0 Å². The molecule has 74 valence electrons. The highest BCUT2D eigenvalue weighted by Crippen LogP contribution is 2.27. The Hall–Kier alpha value is -1.21. The molecule has 1 aromatic heterocycles. The normalized spacial score (nSPS) is 12.1. The predicted octanol–water partition coefficient (Wildman–Crippen LogP) is 1.53. The van der Waals surface area contributed by atoms with E-state index in [-0.39, 0.29) is 16.1 Å². The molecule has 14 heavy (non-hydrogen) atoms. The molecule has 0 fully saturated rings. The van der Waals surface area contributed by atoms with Crippen molar-refractivity contribution in [2.45, 2.75) is 4.90 Å². The standard InChI is InChI=1S/C6H2ClFN2O3S/c7-3-1-2-4(14(8,11)12)6-5(3)9-13-10-6/h1-2H. The summed E-state index contributed by atoms with van der Waals surface area (Å²) in [5.74, 6) is 0. The first-order chi connectivity index (χ1) is 6.50. The Morgan fingerprint density at radius 1 is 1.29 bits per heavy atom. The van der Waals surface area contributed by atoms with Crippen molar-refractivity contribution in [3.05, 3.63) is 17.2 Å². The molecule has 0 aliphatic rings. The third kappa shape index (κ3) is 1.34. The van der Waals surface area contributed by atoms with Crippen molar-refractivity contribution in [3.8, 4) is 0 Å². The summed E-state index contributed by atoms with van der Waals surface area (Å²) in [6.07, 6.45) is 0. The first kappa shape index (κ1) is 9.35. The number of halogens is 2. The predicted molar refractivity (Wildman–Crippen MR) is 45.1 cm³/mol. The van der Waals surface area contributed by atoms with E-state index in [0.717, 1.165) is 6.07 Å². The minimum Gasteiger partial charge on any atom is -0.243 e. The Bertz CT molecular complexity index is 594. The number of nitrogens with zero attached hydrogens (tertiary/aromatic N) is 2. The van der Waals surface area contributed by atoms with Crippen LogP contribution in [0.4, 0.5) is 3.89 Å². The van der Waals surface area contributed by atoms with Gasteiger partial charge >= 0.3 is 10.2 Å². The summed E-state index contributed by atoms with van der Waals surface area (Å²) in [4.78, 5) is -0.599. The van der Waals surface area contributed by atoms with Crippen molar-refractivity contribution in [3.63, 3.8) is 0 Å². The lowest BCUT2D eigenvalue weighted by Gasteiger charge is -1.94. The van der Waals surface area contributed by atoms with Crippen LogP contribution in [0.3, 0.4) is 0 Å². The molecule has 0 bridgehead atoms. The van der Waals surface area contributed by atoms with Gasteiger partial charge in [-0.1, -0.05) is 11.6 Å². The molecule has 0 amide bonds. The van der Waals surface area contributed by atoms with Crippen LogP contribution >= 0.6 is 11.6 Å². The monoisotopic (exact) mass is 236 g/mol. The lowest BCUT2D eigenvalue weighted by Crippen LogP contribution is -1.93. The van der Waals surface area contributed by atoms with Gasteiger partial charge in [0, 0.05) is 0 Å². The first-order valence-corrected chi connectivity index (χ1v) is 5.12. The molecule has 0 saturated carbocycles. The van der Waals surface area contributed by atoms with E-state index < -0.39 is 15.1 Å². The molecular formula is C6H2ClFN2O3S. The first-order valence-electron chi connectivity index (χ1n) is 3.35. The van der Waals surface area contributed by atoms with Gasteiger partial charge in [0.15, 0.2) is 11.0 Å². The van der Waals surface area contributed by atoms with Crippen LogP contribution in [0.2, 0.25) is 5.02 Å². The van der Waals surface area contributed by atoms with E-state index in [1.54, 1.807) is 0 Å². The van der Waals surface area contributed by atoms with Gasteiger partial charge in [-0.3, -0.25) is 0 Å². The molecule has 1 aromatic carbocycles. The molecular weight excluding hydrogens is 235 g/mol. The average Bonchev–Trinajstić information content (AvgIpc) is 2.50. The summed E-state index contributed by atoms with van der Waals surface area (Å²) >= 11 is 5.64. The largest absolute Gasteiger partial charge is 0.334 e. The molecule has 0 aliphatic carbocycles. The maximum absolute atomic E-state index is 12.7. The summed E-state index contributed by atoms with van der Waals surface area (Å²) in [6, 6.07) is 2.21. The number of hydrogen-bond acceptors (Lipinski definition) is 5. The van der Waals surface area contributed by atoms with Crippen molar-refractivity contribution >= 4 is 32.9 Å². The van der Waals surface area contributed by atoms with Crippen molar-refractivity contribution in [2.75, 3.05) is 0 Å². The Labute approximate surface area is 82.6 Å². The molecule has 0 unspecified atom stereocenters. The Balaban J connectivity index is 2.93. The molecule has 5 nitrogen and oxygen atoms in total. The molecule has 1 heterocycles. The van der Waals surface area contributed by atoms with Crippen LogP contribution in [0.5, 0.6) is 0 Å². The fourth-order valence-corrected chi connectivity index (χ4v) is 1.79. The van der Waals surface area contributed by atoms with E-state index in [1.165, 1.54) is 6.07 Å². The van der Waals surface area contributed by atoms with Crippen LogP contribution in [0.15, 0.2) is 21.7 Å². The van der Waals surface area contributed by atoms with E-state index in [0.29, 0.717) is 0 Å². The van der Waals surface area contributed by atoms with E-state index >= 15 is 0 Å². The molecule has 0 atom stereocenters. The highest BCUT2D eigenvalue weighted by atomic mass is 35.5. The summed E-state index contributed by atoms with van der Waals surface area (Å²) in [6.45, 7) is 0. The summed E-state index contributed by atoms with van der Waals surface area (Å²) in [7, 11) is -4.84. The Morgan fingerprint density at radius 3 is 2.57 bits per heavy atom. The molecule has 0 radical (unpaired) electrons. The van der Waals surface area contributed by atoms with Crippen molar-refractivity contribution in [2.24, 2.45) is 0 Å². The van der Waals surface area contributed by atoms with Crippen LogP contribution in [0, 0.1) is 0 Å². The summed E-state index contributed by atoms with van der Waals surface area (Å²) in [5, 5.41) is 6.75. The van der Waals surface area contributed by atoms with Gasteiger partial charge in [-0.25, -0.2) is 4.63 Å². The molecule has 2 aromatic rings. The lowest BCUT2D eigenvalue weighted by molar-refractivity contribution is 0.315. The van der Waals surface area contributed by atoms with Crippen LogP contribution in [0.1, 0.15) is 0 Å². The highest BCUT2D eigenvalue weighted by molar-refractivity contribution is 7.86. The maximum atomic E-state index is 12.7. The number of aromatic nitrogens is 2.